The Hall–Kier alpha value is -0.860. The molecule has 21 heavy (non-hydrogen) atoms. The first-order valence-electron chi connectivity index (χ1n) is 8.82. The lowest BCUT2D eigenvalue weighted by Crippen LogP contribution is -2.46. The molecule has 2 aliphatic rings. The molecule has 0 amide bonds. The lowest BCUT2D eigenvalue weighted by atomic mass is 9.84. The van der Waals surface area contributed by atoms with Crippen molar-refractivity contribution in [3.63, 3.8) is 0 Å². The molecule has 0 heterocycles. The van der Waals surface area contributed by atoms with Crippen LogP contribution in [-0.2, 0) is 6.42 Å². The maximum Gasteiger partial charge on any atom is 0.0478 e. The third-order valence-electron chi connectivity index (χ3n) is 5.62. The Bertz CT molecular complexity index is 453. The van der Waals surface area contributed by atoms with Gasteiger partial charge in [0.1, 0.15) is 0 Å². The summed E-state index contributed by atoms with van der Waals surface area (Å²) in [6, 6.07) is 10.2. The fraction of sp³-hybridized carbons (Fsp3) is 0.684. The number of benzene rings is 1. The number of nitrogens with one attached hydrogen (secondary N) is 1. The fourth-order valence-electron chi connectivity index (χ4n) is 4.19. The molecule has 1 aromatic carbocycles. The molecule has 2 aliphatic carbocycles. The van der Waals surface area contributed by atoms with E-state index < -0.39 is 0 Å². The van der Waals surface area contributed by atoms with Crippen LogP contribution in [-0.4, -0.2) is 31.1 Å². The Morgan fingerprint density at radius 2 is 1.95 bits per heavy atom. The van der Waals surface area contributed by atoms with E-state index in [-0.39, 0.29) is 0 Å². The molecule has 1 N–H and O–H groups in total. The Morgan fingerprint density at radius 1 is 1.14 bits per heavy atom. The van der Waals surface area contributed by atoms with Gasteiger partial charge in [-0.2, -0.15) is 0 Å². The molecule has 1 aromatic rings. The van der Waals surface area contributed by atoms with Crippen molar-refractivity contribution in [1.82, 2.24) is 10.2 Å². The summed E-state index contributed by atoms with van der Waals surface area (Å²) in [5.74, 6) is 0.959. The predicted octanol–water partition coefficient (Wildman–Crippen LogP) is 3.77. The van der Waals surface area contributed by atoms with Gasteiger partial charge in [-0.1, -0.05) is 37.6 Å². The van der Waals surface area contributed by atoms with Crippen molar-refractivity contribution in [3.05, 3.63) is 35.4 Å². The second kappa shape index (κ2) is 6.93. The SMILES string of the molecule is CCN(CC1CCC1)C1CCCc2ccccc2C1NC. The maximum atomic E-state index is 3.63. The molecule has 2 unspecified atom stereocenters. The summed E-state index contributed by atoms with van der Waals surface area (Å²) in [7, 11) is 2.14. The van der Waals surface area contributed by atoms with E-state index in [9.17, 15) is 0 Å². The highest BCUT2D eigenvalue weighted by Crippen LogP contribution is 2.34. The minimum absolute atomic E-state index is 0.490. The number of fused-ring (bicyclic) bond motifs is 1. The van der Waals surface area contributed by atoms with Gasteiger partial charge < -0.3 is 5.32 Å². The van der Waals surface area contributed by atoms with Gasteiger partial charge in [-0.05, 0) is 62.7 Å². The van der Waals surface area contributed by atoms with Crippen molar-refractivity contribution < 1.29 is 0 Å². The monoisotopic (exact) mass is 286 g/mol. The summed E-state index contributed by atoms with van der Waals surface area (Å²) >= 11 is 0. The van der Waals surface area contributed by atoms with Crippen molar-refractivity contribution in [1.29, 1.82) is 0 Å². The Morgan fingerprint density at radius 3 is 2.62 bits per heavy atom. The van der Waals surface area contributed by atoms with Crippen LogP contribution in [0.5, 0.6) is 0 Å². The highest BCUT2D eigenvalue weighted by molar-refractivity contribution is 5.32. The van der Waals surface area contributed by atoms with Crippen molar-refractivity contribution in [2.45, 2.75) is 57.5 Å². The van der Waals surface area contributed by atoms with E-state index in [1.165, 1.54) is 57.2 Å². The molecule has 1 fully saturated rings. The summed E-state index contributed by atoms with van der Waals surface area (Å²) in [6.45, 7) is 4.82. The van der Waals surface area contributed by atoms with Crippen molar-refractivity contribution in [2.24, 2.45) is 5.92 Å². The quantitative estimate of drug-likeness (QED) is 0.829. The Labute approximate surface area is 129 Å². The molecule has 0 aliphatic heterocycles. The summed E-state index contributed by atoms with van der Waals surface area (Å²) in [5, 5.41) is 3.63. The van der Waals surface area contributed by atoms with Crippen LogP contribution in [0.2, 0.25) is 0 Å². The Balaban J connectivity index is 1.82. The second-order valence-electron chi connectivity index (χ2n) is 6.81. The van der Waals surface area contributed by atoms with E-state index >= 15 is 0 Å². The van der Waals surface area contributed by atoms with E-state index in [1.807, 2.05) is 0 Å². The summed E-state index contributed by atoms with van der Waals surface area (Å²) in [5.41, 5.74) is 3.09. The van der Waals surface area contributed by atoms with Crippen molar-refractivity contribution in [3.8, 4) is 0 Å². The summed E-state index contributed by atoms with van der Waals surface area (Å²) in [6.07, 6.45) is 8.23. The van der Waals surface area contributed by atoms with Crippen LogP contribution < -0.4 is 5.32 Å². The van der Waals surface area contributed by atoms with Crippen LogP contribution in [0.15, 0.2) is 24.3 Å². The van der Waals surface area contributed by atoms with Gasteiger partial charge in [0.25, 0.3) is 0 Å². The molecule has 116 valence electrons. The maximum absolute atomic E-state index is 3.63. The van der Waals surface area contributed by atoms with Crippen LogP contribution >= 0.6 is 0 Å². The predicted molar refractivity (Wildman–Crippen MR) is 89.6 cm³/mol. The van der Waals surface area contributed by atoms with E-state index in [4.69, 9.17) is 0 Å². The molecule has 0 aromatic heterocycles. The molecule has 0 saturated heterocycles. The zero-order valence-corrected chi connectivity index (χ0v) is 13.6. The lowest BCUT2D eigenvalue weighted by Gasteiger charge is -2.40. The van der Waals surface area contributed by atoms with Crippen LogP contribution in [0.25, 0.3) is 0 Å². The van der Waals surface area contributed by atoms with Gasteiger partial charge in [-0.3, -0.25) is 4.90 Å². The molecule has 0 radical (unpaired) electrons. The average Bonchev–Trinajstić information content (AvgIpc) is 2.65. The first-order chi connectivity index (χ1) is 10.3. The van der Waals surface area contributed by atoms with Gasteiger partial charge in [0.15, 0.2) is 0 Å². The van der Waals surface area contributed by atoms with Crippen LogP contribution in [0.1, 0.15) is 56.2 Å². The fourth-order valence-corrected chi connectivity index (χ4v) is 4.19. The normalized spacial score (nSPS) is 26.2. The van der Waals surface area contributed by atoms with Crippen molar-refractivity contribution in [2.75, 3.05) is 20.1 Å². The van der Waals surface area contributed by atoms with E-state index in [2.05, 4.69) is 48.5 Å². The van der Waals surface area contributed by atoms with E-state index in [1.54, 1.807) is 5.56 Å². The van der Waals surface area contributed by atoms with E-state index in [0.717, 1.165) is 5.92 Å². The van der Waals surface area contributed by atoms with Crippen LogP contribution in [0.3, 0.4) is 0 Å². The topological polar surface area (TPSA) is 15.3 Å². The molecule has 1 saturated carbocycles. The molecule has 3 rings (SSSR count). The van der Waals surface area contributed by atoms with Crippen LogP contribution in [0, 0.1) is 5.92 Å². The lowest BCUT2D eigenvalue weighted by molar-refractivity contribution is 0.110. The Kier molecular flexibility index (Phi) is 4.97. The summed E-state index contributed by atoms with van der Waals surface area (Å²) < 4.78 is 0. The summed E-state index contributed by atoms with van der Waals surface area (Å²) in [4.78, 5) is 2.76. The molecule has 2 nitrogen and oxygen atoms in total. The first-order valence-corrected chi connectivity index (χ1v) is 8.82. The minimum atomic E-state index is 0.490. The van der Waals surface area contributed by atoms with Crippen LogP contribution in [0.4, 0.5) is 0 Å². The molecule has 2 atom stereocenters. The second-order valence-corrected chi connectivity index (χ2v) is 6.81. The van der Waals surface area contributed by atoms with E-state index in [0.29, 0.717) is 12.1 Å². The molecule has 0 bridgehead atoms. The zero-order valence-electron chi connectivity index (χ0n) is 13.6. The number of nitrogens with zero attached hydrogens (tertiary/aromatic N) is 1. The van der Waals surface area contributed by atoms with Gasteiger partial charge in [0, 0.05) is 18.6 Å². The number of hydrogen-bond donors (Lipinski definition) is 1. The van der Waals surface area contributed by atoms with Gasteiger partial charge in [0.05, 0.1) is 0 Å². The average molecular weight is 286 g/mol. The number of rotatable bonds is 5. The van der Waals surface area contributed by atoms with Gasteiger partial charge >= 0.3 is 0 Å². The minimum Gasteiger partial charge on any atom is -0.312 e. The first kappa shape index (κ1) is 15.1. The standard InChI is InChI=1S/C19H30N2/c1-3-21(14-15-8-6-9-15)18-13-7-11-16-10-4-5-12-17(16)19(18)20-2/h4-5,10,12,15,18-20H,3,6-9,11,13-14H2,1-2H3. The molecule has 2 heteroatoms. The number of hydrogen-bond acceptors (Lipinski definition) is 2. The highest BCUT2D eigenvalue weighted by Gasteiger charge is 2.32. The third-order valence-corrected chi connectivity index (χ3v) is 5.62. The largest absolute Gasteiger partial charge is 0.312 e. The van der Waals surface area contributed by atoms with Gasteiger partial charge in [0.2, 0.25) is 0 Å². The molecular weight excluding hydrogens is 256 g/mol. The number of likely N-dealkylation sites (N-methyl/N-ethyl adjacent to an activating group) is 2. The zero-order chi connectivity index (χ0) is 14.7. The van der Waals surface area contributed by atoms with Gasteiger partial charge in [-0.15, -0.1) is 0 Å². The molecule has 0 spiro atoms. The van der Waals surface area contributed by atoms with Crippen molar-refractivity contribution >= 4 is 0 Å². The highest BCUT2D eigenvalue weighted by atomic mass is 15.2. The smallest absolute Gasteiger partial charge is 0.0478 e. The third kappa shape index (κ3) is 3.17. The molecular formula is C19H30N2. The van der Waals surface area contributed by atoms with Gasteiger partial charge in [-0.25, -0.2) is 0 Å². The number of aryl methyl sites for hydroxylation is 1.